The number of likely N-dealkylation sites (tertiary alicyclic amines) is 2. The molecule has 0 bridgehead atoms. The van der Waals surface area contributed by atoms with Crippen molar-refractivity contribution in [3.8, 4) is 33.6 Å². The zero-order valence-electron chi connectivity index (χ0n) is 32.5. The number of amides is 4. The predicted octanol–water partition coefficient (Wildman–Crippen LogP) is 7.07. The Labute approximate surface area is 339 Å². The first-order valence-electron chi connectivity index (χ1n) is 18.6. The molecule has 16 heteroatoms. The first kappa shape index (κ1) is 43.6. The SMILES string of the molecule is COC(=O)NC(C(=O)N1CCC[C@H]1c1ncc(-c2ccc(-c3ccc(-c4cnc([C@@H]5CCCN5C(=O)C(NC(=O)OC)C(C)C)[nH]4)cc3)cc2)[nH]1)C(C)C.Cl.Cl. The summed E-state index contributed by atoms with van der Waals surface area (Å²) in [6.07, 6.45) is 5.61. The topological polar surface area (TPSA) is 175 Å². The third-order valence-corrected chi connectivity index (χ3v) is 10.4. The summed E-state index contributed by atoms with van der Waals surface area (Å²) in [7, 11) is 2.58. The number of nitrogens with one attached hydrogen (secondary N) is 4. The fourth-order valence-electron chi connectivity index (χ4n) is 7.38. The molecular formula is C40H52Cl2N8O6. The lowest BCUT2D eigenvalue weighted by atomic mass is 10.0. The van der Waals surface area contributed by atoms with Crippen LogP contribution in [0.1, 0.15) is 77.1 Å². The van der Waals surface area contributed by atoms with Gasteiger partial charge in [-0.1, -0.05) is 76.2 Å². The molecule has 2 unspecified atom stereocenters. The Hall–Kier alpha value is -5.08. The molecule has 4 heterocycles. The molecule has 4 amide bonds. The number of ether oxygens (including phenoxy) is 2. The number of carbonyl (C=O) groups is 4. The van der Waals surface area contributed by atoms with E-state index in [4.69, 9.17) is 9.47 Å². The van der Waals surface area contributed by atoms with Gasteiger partial charge in [0.15, 0.2) is 0 Å². The first-order valence-corrected chi connectivity index (χ1v) is 18.6. The van der Waals surface area contributed by atoms with Crippen LogP contribution in [0.5, 0.6) is 0 Å². The van der Waals surface area contributed by atoms with Gasteiger partial charge < -0.3 is 39.9 Å². The van der Waals surface area contributed by atoms with Crippen molar-refractivity contribution in [2.75, 3.05) is 27.3 Å². The summed E-state index contributed by atoms with van der Waals surface area (Å²) >= 11 is 0. The van der Waals surface area contributed by atoms with Crippen molar-refractivity contribution in [1.29, 1.82) is 0 Å². The highest BCUT2D eigenvalue weighted by molar-refractivity contribution is 5.87. The van der Waals surface area contributed by atoms with E-state index >= 15 is 0 Å². The molecule has 2 saturated heterocycles. The zero-order chi connectivity index (χ0) is 38.5. The Kier molecular flexibility index (Phi) is 14.9. The van der Waals surface area contributed by atoms with Crippen LogP contribution in [-0.4, -0.2) is 93.1 Å². The molecule has 0 aliphatic carbocycles. The van der Waals surface area contributed by atoms with Crippen LogP contribution < -0.4 is 10.6 Å². The molecule has 302 valence electrons. The van der Waals surface area contributed by atoms with Gasteiger partial charge in [0.05, 0.1) is 50.1 Å². The van der Waals surface area contributed by atoms with Gasteiger partial charge in [0, 0.05) is 13.1 Å². The van der Waals surface area contributed by atoms with Crippen molar-refractivity contribution in [3.05, 3.63) is 72.6 Å². The lowest BCUT2D eigenvalue weighted by molar-refractivity contribution is -0.136. The number of benzene rings is 2. The zero-order valence-corrected chi connectivity index (χ0v) is 34.2. The molecule has 2 aliphatic heterocycles. The van der Waals surface area contributed by atoms with Crippen molar-refractivity contribution >= 4 is 48.8 Å². The van der Waals surface area contributed by atoms with Crippen LogP contribution >= 0.6 is 24.8 Å². The number of hydrogen-bond acceptors (Lipinski definition) is 8. The third-order valence-electron chi connectivity index (χ3n) is 10.4. The summed E-state index contributed by atoms with van der Waals surface area (Å²) in [6, 6.07) is 14.7. The Bertz CT molecular complexity index is 1810. The van der Waals surface area contributed by atoms with Crippen LogP contribution in [0.4, 0.5) is 9.59 Å². The highest BCUT2D eigenvalue weighted by Gasteiger charge is 2.39. The molecule has 4 aromatic rings. The van der Waals surface area contributed by atoms with Crippen molar-refractivity contribution in [2.24, 2.45) is 11.8 Å². The van der Waals surface area contributed by atoms with Gasteiger partial charge in [-0.25, -0.2) is 19.6 Å². The van der Waals surface area contributed by atoms with E-state index in [1.807, 2.05) is 52.0 Å². The number of H-pyrrole nitrogens is 2. The van der Waals surface area contributed by atoms with E-state index in [-0.39, 0.29) is 60.5 Å². The number of halogens is 2. The fourth-order valence-corrected chi connectivity index (χ4v) is 7.38. The Balaban J connectivity index is 0.00000348. The van der Waals surface area contributed by atoms with Crippen LogP contribution in [0, 0.1) is 11.8 Å². The Morgan fingerprint density at radius 2 is 0.964 bits per heavy atom. The monoisotopic (exact) mass is 810 g/mol. The second-order valence-corrected chi connectivity index (χ2v) is 14.6. The number of carbonyl (C=O) groups excluding carboxylic acids is 4. The second kappa shape index (κ2) is 19.2. The van der Waals surface area contributed by atoms with Crippen LogP contribution in [0.15, 0.2) is 60.9 Å². The first-order chi connectivity index (χ1) is 26.0. The van der Waals surface area contributed by atoms with E-state index in [1.165, 1.54) is 14.2 Å². The quantitative estimate of drug-likeness (QED) is 0.125. The third kappa shape index (κ3) is 9.47. The Morgan fingerprint density at radius 3 is 1.29 bits per heavy atom. The van der Waals surface area contributed by atoms with E-state index in [0.29, 0.717) is 13.1 Å². The molecule has 4 N–H and O–H groups in total. The van der Waals surface area contributed by atoms with Gasteiger partial charge in [-0.3, -0.25) is 9.59 Å². The highest BCUT2D eigenvalue weighted by Crippen LogP contribution is 2.35. The van der Waals surface area contributed by atoms with Crippen LogP contribution in [0.25, 0.3) is 33.6 Å². The van der Waals surface area contributed by atoms with Crippen LogP contribution in [0.2, 0.25) is 0 Å². The average Bonchev–Trinajstić information content (AvgIpc) is 4.02. The summed E-state index contributed by atoms with van der Waals surface area (Å²) in [6.45, 7) is 8.78. The number of imidazole rings is 2. The van der Waals surface area contributed by atoms with E-state index in [1.54, 1.807) is 22.2 Å². The summed E-state index contributed by atoms with van der Waals surface area (Å²) in [5, 5.41) is 5.38. The molecule has 56 heavy (non-hydrogen) atoms. The molecule has 2 aromatic heterocycles. The number of rotatable bonds is 11. The molecule has 14 nitrogen and oxygen atoms in total. The number of hydrogen-bond donors (Lipinski definition) is 4. The lowest BCUT2D eigenvalue weighted by Gasteiger charge is -2.30. The molecule has 0 spiro atoms. The van der Waals surface area contributed by atoms with Gasteiger partial charge in [-0.2, -0.15) is 0 Å². The van der Waals surface area contributed by atoms with Gasteiger partial charge in [0.25, 0.3) is 0 Å². The predicted molar refractivity (Wildman–Crippen MR) is 217 cm³/mol. The van der Waals surface area contributed by atoms with E-state index < -0.39 is 24.3 Å². The van der Waals surface area contributed by atoms with Gasteiger partial charge in [0.2, 0.25) is 11.8 Å². The minimum Gasteiger partial charge on any atom is -0.453 e. The smallest absolute Gasteiger partial charge is 0.407 e. The van der Waals surface area contributed by atoms with Crippen LogP contribution in [0.3, 0.4) is 0 Å². The summed E-state index contributed by atoms with van der Waals surface area (Å²) in [5.74, 6) is 0.955. The lowest BCUT2D eigenvalue weighted by Crippen LogP contribution is -2.51. The highest BCUT2D eigenvalue weighted by atomic mass is 35.5. The minimum absolute atomic E-state index is 0. The molecule has 6 rings (SSSR count). The molecular weight excluding hydrogens is 759 g/mol. The molecule has 0 saturated carbocycles. The maximum Gasteiger partial charge on any atom is 0.407 e. The number of nitrogens with zero attached hydrogens (tertiary/aromatic N) is 4. The molecule has 0 radical (unpaired) electrons. The number of aromatic nitrogens is 4. The largest absolute Gasteiger partial charge is 0.453 e. The number of methoxy groups -OCH3 is 2. The van der Waals surface area contributed by atoms with Crippen molar-refractivity contribution in [2.45, 2.75) is 77.5 Å². The standard InChI is InChI=1S/C40H50N8O6.2ClH/c1-23(2)33(45-39(51)53-5)37(49)47-19-7-9-31(47)35-41-21-29(43-35)27-15-11-25(12-16-27)26-13-17-28(18-14-26)30-22-42-36(44-30)32-10-8-20-48(32)38(50)34(24(3)4)46-40(52)54-6;;/h11-18,21-24,31-34H,7-10,19-20H2,1-6H3,(H,41,43)(H,42,44)(H,45,51)(H,46,52);2*1H/t31-,32-,33?,34?;;/m0../s1. The van der Waals surface area contributed by atoms with Crippen LogP contribution in [-0.2, 0) is 19.1 Å². The summed E-state index contributed by atoms with van der Waals surface area (Å²) in [5.41, 5.74) is 5.78. The average molecular weight is 812 g/mol. The van der Waals surface area contributed by atoms with Crippen molar-refractivity contribution < 1.29 is 28.7 Å². The van der Waals surface area contributed by atoms with E-state index in [0.717, 1.165) is 71.0 Å². The van der Waals surface area contributed by atoms with E-state index in [9.17, 15) is 19.2 Å². The minimum atomic E-state index is -0.687. The fraction of sp³-hybridized carbons (Fsp3) is 0.450. The van der Waals surface area contributed by atoms with Gasteiger partial charge in [-0.05, 0) is 59.8 Å². The van der Waals surface area contributed by atoms with Gasteiger partial charge in [0.1, 0.15) is 23.7 Å². The van der Waals surface area contributed by atoms with E-state index in [2.05, 4.69) is 54.8 Å². The maximum atomic E-state index is 13.5. The van der Waals surface area contributed by atoms with Crippen molar-refractivity contribution in [3.63, 3.8) is 0 Å². The number of alkyl carbamates (subject to hydrolysis) is 2. The molecule has 2 fully saturated rings. The normalized spacial score (nSPS) is 17.5. The summed E-state index contributed by atoms with van der Waals surface area (Å²) < 4.78 is 9.50. The van der Waals surface area contributed by atoms with Crippen molar-refractivity contribution in [1.82, 2.24) is 40.4 Å². The molecule has 4 atom stereocenters. The number of aromatic amines is 2. The van der Waals surface area contributed by atoms with Gasteiger partial charge >= 0.3 is 12.2 Å². The maximum absolute atomic E-state index is 13.5. The summed E-state index contributed by atoms with van der Waals surface area (Å²) in [4.78, 5) is 70.7. The Morgan fingerprint density at radius 1 is 0.625 bits per heavy atom. The second-order valence-electron chi connectivity index (χ2n) is 14.6. The molecule has 2 aromatic carbocycles. The van der Waals surface area contributed by atoms with Gasteiger partial charge in [-0.15, -0.1) is 24.8 Å². The molecule has 2 aliphatic rings.